The van der Waals surface area contributed by atoms with Gasteiger partial charge in [0.1, 0.15) is 5.82 Å². The van der Waals surface area contributed by atoms with Crippen LogP contribution in [0.25, 0.3) is 0 Å². The van der Waals surface area contributed by atoms with Crippen LogP contribution in [0, 0.1) is 5.82 Å². The minimum atomic E-state index is -0.278. The molecule has 2 aliphatic heterocycles. The molecule has 110 valence electrons. The molecule has 0 aliphatic carbocycles. The van der Waals surface area contributed by atoms with Gasteiger partial charge >= 0.3 is 0 Å². The van der Waals surface area contributed by atoms with Crippen molar-refractivity contribution in [1.82, 2.24) is 4.90 Å². The molecule has 0 aromatic heterocycles. The van der Waals surface area contributed by atoms with Crippen molar-refractivity contribution in [3.05, 3.63) is 29.6 Å². The zero-order valence-corrected chi connectivity index (χ0v) is 12.3. The first-order valence-electron chi connectivity index (χ1n) is 7.62. The molecule has 0 spiro atoms. The first-order chi connectivity index (χ1) is 9.58. The topological polar surface area (TPSA) is 32.5 Å². The van der Waals surface area contributed by atoms with E-state index in [4.69, 9.17) is 5.73 Å². The normalized spacial score (nSPS) is 28.5. The molecule has 2 saturated heterocycles. The molecule has 3 rings (SSSR count). The van der Waals surface area contributed by atoms with Crippen molar-refractivity contribution in [2.75, 3.05) is 24.5 Å². The smallest absolute Gasteiger partial charge is 0.130 e. The molecule has 2 aliphatic rings. The average molecular weight is 277 g/mol. The predicted octanol–water partition coefficient (Wildman–Crippen LogP) is 2.52. The summed E-state index contributed by atoms with van der Waals surface area (Å²) in [6.45, 7) is 7.36. The van der Waals surface area contributed by atoms with Gasteiger partial charge in [0.25, 0.3) is 0 Å². The summed E-state index contributed by atoms with van der Waals surface area (Å²) in [7, 11) is 0. The number of nitrogens with zero attached hydrogens (tertiary/aromatic N) is 2. The van der Waals surface area contributed by atoms with Gasteiger partial charge in [-0.2, -0.15) is 0 Å². The number of piperazine rings is 1. The Morgan fingerprint density at radius 3 is 2.90 bits per heavy atom. The molecule has 4 heteroatoms. The maximum Gasteiger partial charge on any atom is 0.130 e. The van der Waals surface area contributed by atoms with Crippen LogP contribution in [0.3, 0.4) is 0 Å². The van der Waals surface area contributed by atoms with Crippen LogP contribution in [-0.4, -0.2) is 36.6 Å². The number of benzene rings is 1. The zero-order chi connectivity index (χ0) is 14.3. The highest BCUT2D eigenvalue weighted by Gasteiger charge is 2.35. The Balaban J connectivity index is 1.94. The summed E-state index contributed by atoms with van der Waals surface area (Å²) in [5.74, 6) is -0.182. The fourth-order valence-corrected chi connectivity index (χ4v) is 3.75. The fraction of sp³-hybridized carbons (Fsp3) is 0.625. The Bertz CT molecular complexity index is 489. The third-order valence-electron chi connectivity index (χ3n) is 4.73. The van der Waals surface area contributed by atoms with E-state index >= 15 is 0 Å². The van der Waals surface area contributed by atoms with E-state index in [0.717, 1.165) is 18.8 Å². The quantitative estimate of drug-likeness (QED) is 0.901. The molecule has 2 fully saturated rings. The molecule has 2 heterocycles. The molecule has 2 N–H and O–H groups in total. The molecular formula is C16H24FN3. The van der Waals surface area contributed by atoms with Crippen LogP contribution in [0.4, 0.5) is 10.1 Å². The van der Waals surface area contributed by atoms with Gasteiger partial charge in [-0.25, -0.2) is 4.39 Å². The van der Waals surface area contributed by atoms with Crippen molar-refractivity contribution >= 4 is 5.69 Å². The van der Waals surface area contributed by atoms with Gasteiger partial charge < -0.3 is 10.6 Å². The van der Waals surface area contributed by atoms with Crippen LogP contribution in [0.2, 0.25) is 0 Å². The second-order valence-electron chi connectivity index (χ2n) is 6.25. The van der Waals surface area contributed by atoms with Crippen LogP contribution in [0.1, 0.15) is 38.3 Å². The van der Waals surface area contributed by atoms with Crippen LogP contribution in [0.15, 0.2) is 18.2 Å². The van der Waals surface area contributed by atoms with Crippen LogP contribution in [0.5, 0.6) is 0 Å². The summed E-state index contributed by atoms with van der Waals surface area (Å²) in [5, 5.41) is 0. The van der Waals surface area contributed by atoms with Crippen molar-refractivity contribution in [3.8, 4) is 0 Å². The van der Waals surface area contributed by atoms with Gasteiger partial charge in [-0.1, -0.05) is 6.07 Å². The minimum Gasteiger partial charge on any atom is -0.366 e. The lowest BCUT2D eigenvalue weighted by molar-refractivity contribution is 0.202. The SMILES string of the molecule is CC(N)c1c(F)cccc1N1CC2CCCN2CC1C. The summed E-state index contributed by atoms with van der Waals surface area (Å²) in [5.41, 5.74) is 7.64. The van der Waals surface area contributed by atoms with E-state index in [9.17, 15) is 4.39 Å². The molecule has 3 atom stereocenters. The van der Waals surface area contributed by atoms with Gasteiger partial charge in [0.05, 0.1) is 0 Å². The van der Waals surface area contributed by atoms with E-state index in [1.54, 1.807) is 6.07 Å². The van der Waals surface area contributed by atoms with Gasteiger partial charge in [0.15, 0.2) is 0 Å². The standard InChI is InChI=1S/C16H24FN3/c1-11-9-19-8-4-5-13(19)10-20(11)15-7-3-6-14(17)16(15)12(2)18/h3,6-7,11-13H,4-5,8-10,18H2,1-2H3. The van der Waals surface area contributed by atoms with Crippen LogP contribution in [-0.2, 0) is 0 Å². The summed E-state index contributed by atoms with van der Waals surface area (Å²) in [4.78, 5) is 4.93. The second-order valence-corrected chi connectivity index (χ2v) is 6.25. The first kappa shape index (κ1) is 13.8. The Morgan fingerprint density at radius 1 is 1.35 bits per heavy atom. The molecular weight excluding hydrogens is 253 g/mol. The summed E-state index contributed by atoms with van der Waals surface area (Å²) in [6.07, 6.45) is 2.54. The predicted molar refractivity (Wildman–Crippen MR) is 80.4 cm³/mol. The number of hydrogen-bond acceptors (Lipinski definition) is 3. The Hall–Kier alpha value is -1.13. The molecule has 0 saturated carbocycles. The lowest BCUT2D eigenvalue weighted by atomic mass is 10.0. The van der Waals surface area contributed by atoms with E-state index in [2.05, 4.69) is 16.7 Å². The van der Waals surface area contributed by atoms with Crippen molar-refractivity contribution in [2.45, 2.75) is 44.8 Å². The number of anilines is 1. The van der Waals surface area contributed by atoms with E-state index < -0.39 is 0 Å². The summed E-state index contributed by atoms with van der Waals surface area (Å²) >= 11 is 0. The van der Waals surface area contributed by atoms with E-state index in [1.165, 1.54) is 25.5 Å². The van der Waals surface area contributed by atoms with Crippen molar-refractivity contribution in [2.24, 2.45) is 5.73 Å². The highest BCUT2D eigenvalue weighted by Crippen LogP contribution is 2.33. The third kappa shape index (κ3) is 2.31. The number of nitrogens with two attached hydrogens (primary N) is 1. The van der Waals surface area contributed by atoms with Crippen molar-refractivity contribution in [3.63, 3.8) is 0 Å². The maximum atomic E-state index is 14.1. The zero-order valence-electron chi connectivity index (χ0n) is 12.3. The Kier molecular flexibility index (Phi) is 3.69. The van der Waals surface area contributed by atoms with Crippen LogP contribution < -0.4 is 10.6 Å². The second kappa shape index (κ2) is 5.34. The summed E-state index contributed by atoms with van der Waals surface area (Å²) in [6, 6.07) is 6.07. The average Bonchev–Trinajstić information content (AvgIpc) is 2.84. The maximum absolute atomic E-state index is 14.1. The highest BCUT2D eigenvalue weighted by molar-refractivity contribution is 5.57. The monoisotopic (exact) mass is 277 g/mol. The van der Waals surface area contributed by atoms with Crippen molar-refractivity contribution in [1.29, 1.82) is 0 Å². The van der Waals surface area contributed by atoms with Gasteiger partial charge in [0, 0.05) is 42.5 Å². The molecule has 0 bridgehead atoms. The number of fused-ring (bicyclic) bond motifs is 1. The van der Waals surface area contributed by atoms with Crippen LogP contribution >= 0.6 is 0 Å². The Labute approximate surface area is 120 Å². The summed E-state index contributed by atoms with van der Waals surface area (Å²) < 4.78 is 14.1. The fourth-order valence-electron chi connectivity index (χ4n) is 3.75. The van der Waals surface area contributed by atoms with Gasteiger partial charge in [-0.05, 0) is 45.4 Å². The molecule has 3 unspecified atom stereocenters. The minimum absolute atomic E-state index is 0.182. The van der Waals surface area contributed by atoms with Gasteiger partial charge in [0.2, 0.25) is 0 Å². The first-order valence-corrected chi connectivity index (χ1v) is 7.62. The van der Waals surface area contributed by atoms with Gasteiger partial charge in [-0.15, -0.1) is 0 Å². The molecule has 20 heavy (non-hydrogen) atoms. The number of rotatable bonds is 2. The molecule has 1 aromatic rings. The lowest BCUT2D eigenvalue weighted by Crippen LogP contribution is -2.55. The molecule has 3 nitrogen and oxygen atoms in total. The lowest BCUT2D eigenvalue weighted by Gasteiger charge is -2.44. The molecule has 0 amide bonds. The third-order valence-corrected chi connectivity index (χ3v) is 4.73. The highest BCUT2D eigenvalue weighted by atomic mass is 19.1. The molecule has 1 aromatic carbocycles. The van der Waals surface area contributed by atoms with E-state index in [0.29, 0.717) is 17.6 Å². The Morgan fingerprint density at radius 2 is 2.15 bits per heavy atom. The number of halogens is 1. The van der Waals surface area contributed by atoms with Gasteiger partial charge in [-0.3, -0.25) is 4.90 Å². The van der Waals surface area contributed by atoms with E-state index in [-0.39, 0.29) is 11.9 Å². The number of hydrogen-bond donors (Lipinski definition) is 1. The molecule has 0 radical (unpaired) electrons. The van der Waals surface area contributed by atoms with E-state index in [1.807, 2.05) is 13.0 Å². The largest absolute Gasteiger partial charge is 0.366 e. The van der Waals surface area contributed by atoms with Crippen molar-refractivity contribution < 1.29 is 4.39 Å².